The van der Waals surface area contributed by atoms with Crippen LogP contribution in [-0.4, -0.2) is 29.2 Å². The van der Waals surface area contributed by atoms with Gasteiger partial charge in [-0.05, 0) is 32.8 Å². The summed E-state index contributed by atoms with van der Waals surface area (Å²) in [6.45, 7) is 5.83. The van der Waals surface area contributed by atoms with Gasteiger partial charge in [-0.1, -0.05) is 0 Å². The predicted molar refractivity (Wildman–Crippen MR) is 60.8 cm³/mol. The third-order valence-corrected chi connectivity index (χ3v) is 1.87. The smallest absolute Gasteiger partial charge is 0.222 e. The topological polar surface area (TPSA) is 47.0 Å². The number of anilines is 1. The van der Waals surface area contributed by atoms with Crippen LogP contribution in [0.1, 0.15) is 26.7 Å². The number of hydrogen-bond donors (Lipinski definition) is 1. The van der Waals surface area contributed by atoms with E-state index in [1.165, 1.54) is 0 Å². The fraction of sp³-hybridized carbons (Fsp3) is 0.636. The zero-order valence-corrected chi connectivity index (χ0v) is 9.44. The molecule has 0 bridgehead atoms. The fourth-order valence-corrected chi connectivity index (χ4v) is 1.14. The average Bonchev–Trinajstić information content (AvgIpc) is 2.24. The van der Waals surface area contributed by atoms with E-state index in [4.69, 9.17) is 4.74 Å². The molecule has 0 aliphatic carbocycles. The van der Waals surface area contributed by atoms with Crippen molar-refractivity contribution in [3.05, 3.63) is 18.5 Å². The van der Waals surface area contributed by atoms with E-state index in [9.17, 15) is 0 Å². The molecule has 0 aromatic carbocycles. The minimum atomic E-state index is 0.329. The largest absolute Gasteiger partial charge is 0.379 e. The van der Waals surface area contributed by atoms with Crippen molar-refractivity contribution in [1.29, 1.82) is 0 Å². The Morgan fingerprint density at radius 1 is 1.27 bits per heavy atom. The lowest BCUT2D eigenvalue weighted by molar-refractivity contribution is 0.0765. The Morgan fingerprint density at radius 3 is 2.67 bits per heavy atom. The van der Waals surface area contributed by atoms with Crippen LogP contribution < -0.4 is 5.32 Å². The number of hydrogen-bond acceptors (Lipinski definition) is 4. The van der Waals surface area contributed by atoms with E-state index in [1.807, 2.05) is 6.07 Å². The Kier molecular flexibility index (Phi) is 5.70. The summed E-state index contributed by atoms with van der Waals surface area (Å²) in [6.07, 6.45) is 5.94. The molecule has 1 heterocycles. The third kappa shape index (κ3) is 6.01. The summed E-state index contributed by atoms with van der Waals surface area (Å²) in [5.74, 6) is 0.697. The first-order valence-electron chi connectivity index (χ1n) is 5.41. The first kappa shape index (κ1) is 11.9. The molecular formula is C11H19N3O. The van der Waals surface area contributed by atoms with Crippen LogP contribution in [0, 0.1) is 0 Å². The summed E-state index contributed by atoms with van der Waals surface area (Å²) in [6, 6.07) is 1.81. The highest BCUT2D eigenvalue weighted by Gasteiger charge is 1.94. The normalized spacial score (nSPS) is 10.6. The Hall–Kier alpha value is -1.16. The van der Waals surface area contributed by atoms with E-state index >= 15 is 0 Å². The van der Waals surface area contributed by atoms with Crippen molar-refractivity contribution in [3.8, 4) is 0 Å². The summed E-state index contributed by atoms with van der Waals surface area (Å²) >= 11 is 0. The highest BCUT2D eigenvalue weighted by molar-refractivity contribution is 5.21. The van der Waals surface area contributed by atoms with Gasteiger partial charge in [0.25, 0.3) is 0 Å². The Morgan fingerprint density at radius 2 is 2.00 bits per heavy atom. The molecule has 0 atom stereocenters. The molecule has 4 nitrogen and oxygen atoms in total. The zero-order chi connectivity index (χ0) is 10.9. The molecular weight excluding hydrogens is 190 g/mol. The van der Waals surface area contributed by atoms with Crippen LogP contribution in [0.5, 0.6) is 0 Å². The van der Waals surface area contributed by atoms with Crippen LogP contribution in [-0.2, 0) is 4.74 Å². The second kappa shape index (κ2) is 7.17. The molecule has 15 heavy (non-hydrogen) atoms. The lowest BCUT2D eigenvalue weighted by atomic mass is 10.3. The highest BCUT2D eigenvalue weighted by Crippen LogP contribution is 1.97. The molecule has 0 aliphatic rings. The Bertz CT molecular complexity index is 251. The van der Waals surface area contributed by atoms with Gasteiger partial charge in [-0.3, -0.25) is 0 Å². The molecule has 0 unspecified atom stereocenters. The molecule has 0 radical (unpaired) electrons. The average molecular weight is 209 g/mol. The summed E-state index contributed by atoms with van der Waals surface area (Å²) in [5.41, 5.74) is 0. The second-order valence-electron chi connectivity index (χ2n) is 3.63. The van der Waals surface area contributed by atoms with Gasteiger partial charge in [0.1, 0.15) is 0 Å². The molecule has 1 aromatic heterocycles. The lowest BCUT2D eigenvalue weighted by Crippen LogP contribution is -2.08. The van der Waals surface area contributed by atoms with Crippen LogP contribution in [0.25, 0.3) is 0 Å². The first-order chi connectivity index (χ1) is 7.29. The van der Waals surface area contributed by atoms with E-state index in [0.29, 0.717) is 12.1 Å². The fourth-order valence-electron chi connectivity index (χ4n) is 1.14. The van der Waals surface area contributed by atoms with Crippen molar-refractivity contribution in [2.24, 2.45) is 0 Å². The molecule has 1 N–H and O–H groups in total. The summed E-state index contributed by atoms with van der Waals surface area (Å²) in [4.78, 5) is 8.14. The Balaban J connectivity index is 1.98. The number of unbranched alkanes of at least 4 members (excludes halogenated alkanes) is 1. The van der Waals surface area contributed by atoms with Crippen LogP contribution in [0.4, 0.5) is 5.95 Å². The van der Waals surface area contributed by atoms with E-state index in [1.54, 1.807) is 12.4 Å². The third-order valence-electron chi connectivity index (χ3n) is 1.87. The van der Waals surface area contributed by atoms with Crippen LogP contribution in [0.2, 0.25) is 0 Å². The van der Waals surface area contributed by atoms with Crippen molar-refractivity contribution in [2.75, 3.05) is 18.5 Å². The van der Waals surface area contributed by atoms with E-state index in [2.05, 4.69) is 29.1 Å². The molecule has 0 saturated carbocycles. The Labute approximate surface area is 91.1 Å². The van der Waals surface area contributed by atoms with Gasteiger partial charge >= 0.3 is 0 Å². The van der Waals surface area contributed by atoms with Gasteiger partial charge in [0, 0.05) is 25.5 Å². The van der Waals surface area contributed by atoms with E-state index in [-0.39, 0.29) is 0 Å². The molecule has 0 amide bonds. The van der Waals surface area contributed by atoms with Crippen LogP contribution in [0.3, 0.4) is 0 Å². The van der Waals surface area contributed by atoms with Crippen molar-refractivity contribution >= 4 is 5.95 Å². The maximum absolute atomic E-state index is 5.44. The molecule has 0 aliphatic heterocycles. The molecule has 0 fully saturated rings. The number of nitrogens with zero attached hydrogens (tertiary/aromatic N) is 2. The molecule has 0 spiro atoms. The van der Waals surface area contributed by atoms with Gasteiger partial charge < -0.3 is 10.1 Å². The standard InChI is InChI=1S/C11H19N3O/c1-10(2)15-9-4-3-6-12-11-13-7-5-8-14-11/h5,7-8,10H,3-4,6,9H2,1-2H3,(H,12,13,14). The molecule has 0 saturated heterocycles. The van der Waals surface area contributed by atoms with Crippen LogP contribution in [0.15, 0.2) is 18.5 Å². The lowest BCUT2D eigenvalue weighted by Gasteiger charge is -2.07. The maximum atomic E-state index is 5.44. The van der Waals surface area contributed by atoms with Gasteiger partial charge in [0.05, 0.1) is 6.10 Å². The van der Waals surface area contributed by atoms with Gasteiger partial charge in [-0.25, -0.2) is 9.97 Å². The molecule has 1 rings (SSSR count). The van der Waals surface area contributed by atoms with Crippen LogP contribution >= 0.6 is 0 Å². The van der Waals surface area contributed by atoms with Gasteiger partial charge in [0.15, 0.2) is 0 Å². The van der Waals surface area contributed by atoms with Crippen molar-refractivity contribution in [2.45, 2.75) is 32.8 Å². The van der Waals surface area contributed by atoms with E-state index in [0.717, 1.165) is 26.0 Å². The van der Waals surface area contributed by atoms with Gasteiger partial charge in [0.2, 0.25) is 5.95 Å². The SMILES string of the molecule is CC(C)OCCCCNc1ncccn1. The number of aromatic nitrogens is 2. The zero-order valence-electron chi connectivity index (χ0n) is 9.44. The minimum Gasteiger partial charge on any atom is -0.379 e. The first-order valence-corrected chi connectivity index (χ1v) is 5.41. The molecule has 4 heteroatoms. The predicted octanol–water partition coefficient (Wildman–Crippen LogP) is 2.09. The summed E-state index contributed by atoms with van der Waals surface area (Å²) in [7, 11) is 0. The number of ether oxygens (including phenoxy) is 1. The number of rotatable bonds is 7. The van der Waals surface area contributed by atoms with Crippen molar-refractivity contribution in [1.82, 2.24) is 9.97 Å². The molecule has 1 aromatic rings. The maximum Gasteiger partial charge on any atom is 0.222 e. The molecule has 84 valence electrons. The van der Waals surface area contributed by atoms with Crippen molar-refractivity contribution < 1.29 is 4.74 Å². The minimum absolute atomic E-state index is 0.329. The highest BCUT2D eigenvalue weighted by atomic mass is 16.5. The summed E-state index contributed by atoms with van der Waals surface area (Å²) < 4.78 is 5.44. The van der Waals surface area contributed by atoms with Gasteiger partial charge in [-0.2, -0.15) is 0 Å². The van der Waals surface area contributed by atoms with Gasteiger partial charge in [-0.15, -0.1) is 0 Å². The monoisotopic (exact) mass is 209 g/mol. The number of nitrogens with one attached hydrogen (secondary N) is 1. The van der Waals surface area contributed by atoms with E-state index < -0.39 is 0 Å². The quantitative estimate of drug-likeness (QED) is 0.698. The summed E-state index contributed by atoms with van der Waals surface area (Å²) in [5, 5.41) is 3.15. The van der Waals surface area contributed by atoms with Crippen molar-refractivity contribution in [3.63, 3.8) is 0 Å². The second-order valence-corrected chi connectivity index (χ2v) is 3.63.